The Bertz CT molecular complexity index is 1170. The summed E-state index contributed by atoms with van der Waals surface area (Å²) < 4.78 is 1.14. The van der Waals surface area contributed by atoms with Gasteiger partial charge in [-0.3, -0.25) is 0 Å². The third-order valence-corrected chi connectivity index (χ3v) is 6.30. The van der Waals surface area contributed by atoms with Crippen molar-refractivity contribution in [3.8, 4) is 0 Å². The topological polar surface area (TPSA) is 0 Å². The summed E-state index contributed by atoms with van der Waals surface area (Å²) >= 11 is 3.80. The van der Waals surface area contributed by atoms with E-state index >= 15 is 0 Å². The normalized spacial score (nSPS) is 24.0. The van der Waals surface area contributed by atoms with Gasteiger partial charge in [-0.25, -0.2) is 0 Å². The number of allylic oxidation sites excluding steroid dienone is 10. The van der Waals surface area contributed by atoms with Crippen LogP contribution in [0.15, 0.2) is 94.5 Å². The molecule has 0 radical (unpaired) electrons. The summed E-state index contributed by atoms with van der Waals surface area (Å²) in [6.07, 6.45) is 16.2. The van der Waals surface area contributed by atoms with Crippen LogP contribution in [0.25, 0.3) is 23.3 Å². The molecule has 0 saturated carbocycles. The molecule has 0 N–H and O–H groups in total. The van der Waals surface area contributed by atoms with E-state index in [1.807, 2.05) is 0 Å². The summed E-state index contributed by atoms with van der Waals surface area (Å²) in [4.78, 5) is 0. The molecule has 1 unspecified atom stereocenters. The average molecular weight is 395 g/mol. The molecule has 2 aromatic carbocycles. The summed E-state index contributed by atoms with van der Waals surface area (Å²) in [7, 11) is 0. The second-order valence-corrected chi connectivity index (χ2v) is 8.10. The van der Waals surface area contributed by atoms with Crippen molar-refractivity contribution in [2.75, 3.05) is 0 Å². The zero-order chi connectivity index (χ0) is 17.3. The molecule has 0 nitrogen and oxygen atoms in total. The molecule has 26 heavy (non-hydrogen) atoms. The van der Waals surface area contributed by atoms with Crippen LogP contribution in [0.5, 0.6) is 0 Å². The van der Waals surface area contributed by atoms with Gasteiger partial charge in [0, 0.05) is 4.48 Å². The average Bonchev–Trinajstić information content (AvgIpc) is 3.22. The van der Waals surface area contributed by atoms with Gasteiger partial charge in [-0.05, 0) is 62.8 Å². The molecule has 122 valence electrons. The Labute approximate surface area is 161 Å². The first-order valence-corrected chi connectivity index (χ1v) is 9.69. The number of fused-ring (bicyclic) bond motifs is 8. The molecular weight excluding hydrogens is 380 g/mol. The SMILES string of the molecule is BrC1=CC2(C=CC=C3C2=Cc2ccccc23)C2=Cc3ccccc3C2=C1. The Morgan fingerprint density at radius 3 is 2.04 bits per heavy atom. The Morgan fingerprint density at radius 1 is 0.692 bits per heavy atom. The van der Waals surface area contributed by atoms with Crippen LogP contribution in [0, 0.1) is 5.41 Å². The fourth-order valence-electron chi connectivity index (χ4n) is 4.73. The van der Waals surface area contributed by atoms with E-state index in [2.05, 4.69) is 107 Å². The van der Waals surface area contributed by atoms with E-state index in [1.165, 1.54) is 44.5 Å². The van der Waals surface area contributed by atoms with Crippen LogP contribution in [-0.2, 0) is 0 Å². The lowest BCUT2D eigenvalue weighted by Gasteiger charge is -2.37. The molecule has 0 aromatic heterocycles. The van der Waals surface area contributed by atoms with Crippen molar-refractivity contribution in [3.63, 3.8) is 0 Å². The molecule has 1 atom stereocenters. The Hall–Kier alpha value is -2.64. The van der Waals surface area contributed by atoms with Crippen LogP contribution < -0.4 is 0 Å². The quantitative estimate of drug-likeness (QED) is 0.460. The molecule has 0 saturated heterocycles. The largest absolute Gasteiger partial charge is 0.0657 e. The Morgan fingerprint density at radius 2 is 1.31 bits per heavy atom. The van der Waals surface area contributed by atoms with Crippen LogP contribution in [-0.4, -0.2) is 0 Å². The van der Waals surface area contributed by atoms with Crippen molar-refractivity contribution in [3.05, 3.63) is 117 Å². The molecule has 0 bridgehead atoms. The van der Waals surface area contributed by atoms with Crippen molar-refractivity contribution >= 4 is 39.2 Å². The highest BCUT2D eigenvalue weighted by molar-refractivity contribution is 9.11. The molecule has 1 heteroatoms. The van der Waals surface area contributed by atoms with Crippen LogP contribution in [0.1, 0.15) is 22.3 Å². The van der Waals surface area contributed by atoms with E-state index in [0.717, 1.165) is 4.48 Å². The van der Waals surface area contributed by atoms with E-state index in [-0.39, 0.29) is 5.41 Å². The molecule has 4 aliphatic rings. The molecule has 0 fully saturated rings. The Balaban J connectivity index is 1.62. The summed E-state index contributed by atoms with van der Waals surface area (Å²) in [5.41, 5.74) is 10.5. The Kier molecular flexibility index (Phi) is 2.77. The molecule has 0 aliphatic heterocycles. The van der Waals surface area contributed by atoms with E-state index in [0.29, 0.717) is 0 Å². The van der Waals surface area contributed by atoms with Gasteiger partial charge in [0.2, 0.25) is 0 Å². The van der Waals surface area contributed by atoms with Crippen molar-refractivity contribution in [2.45, 2.75) is 0 Å². The lowest BCUT2D eigenvalue weighted by molar-refractivity contribution is 0.752. The molecule has 2 aromatic rings. The predicted octanol–water partition coefficient (Wildman–Crippen LogP) is 6.80. The van der Waals surface area contributed by atoms with Crippen molar-refractivity contribution < 1.29 is 0 Å². The molecule has 0 amide bonds. The standard InChI is InChI=1S/C25H15Br/c26-18-14-22-20-9-4-2-7-17(20)13-24(22)25(15-18)11-5-10-21-19-8-3-1-6-16(19)12-23(21)25/h1-15H. The van der Waals surface area contributed by atoms with E-state index in [4.69, 9.17) is 0 Å². The number of rotatable bonds is 0. The summed E-state index contributed by atoms with van der Waals surface area (Å²) in [6, 6.07) is 17.4. The zero-order valence-electron chi connectivity index (χ0n) is 14.0. The highest BCUT2D eigenvalue weighted by Gasteiger charge is 2.44. The number of hydrogen-bond donors (Lipinski definition) is 0. The van der Waals surface area contributed by atoms with Crippen molar-refractivity contribution in [1.82, 2.24) is 0 Å². The maximum atomic E-state index is 3.80. The van der Waals surface area contributed by atoms with Crippen LogP contribution >= 0.6 is 15.9 Å². The summed E-state index contributed by atoms with van der Waals surface area (Å²) in [6.45, 7) is 0. The van der Waals surface area contributed by atoms with Crippen LogP contribution in [0.3, 0.4) is 0 Å². The zero-order valence-corrected chi connectivity index (χ0v) is 15.6. The lowest BCUT2D eigenvalue weighted by Crippen LogP contribution is -2.24. The smallest absolute Gasteiger partial charge is 0.0592 e. The van der Waals surface area contributed by atoms with Crippen molar-refractivity contribution in [1.29, 1.82) is 0 Å². The van der Waals surface area contributed by atoms with Gasteiger partial charge in [-0.1, -0.05) is 88.8 Å². The molecule has 4 aliphatic carbocycles. The first-order valence-electron chi connectivity index (χ1n) is 8.90. The third-order valence-electron chi connectivity index (χ3n) is 5.84. The molecule has 0 heterocycles. The van der Waals surface area contributed by atoms with Crippen LogP contribution in [0.2, 0.25) is 0 Å². The maximum absolute atomic E-state index is 3.80. The van der Waals surface area contributed by atoms with Crippen LogP contribution in [0.4, 0.5) is 0 Å². The number of hydrogen-bond acceptors (Lipinski definition) is 0. The third kappa shape index (κ3) is 1.74. The first-order chi connectivity index (χ1) is 12.8. The number of benzene rings is 2. The minimum absolute atomic E-state index is 0.217. The van der Waals surface area contributed by atoms with E-state index in [9.17, 15) is 0 Å². The van der Waals surface area contributed by atoms with E-state index < -0.39 is 0 Å². The van der Waals surface area contributed by atoms with Gasteiger partial charge < -0.3 is 0 Å². The first kappa shape index (κ1) is 14.5. The van der Waals surface area contributed by atoms with Gasteiger partial charge in [0.25, 0.3) is 0 Å². The number of halogens is 1. The minimum Gasteiger partial charge on any atom is -0.0657 e. The highest BCUT2D eigenvalue weighted by Crippen LogP contribution is 2.59. The van der Waals surface area contributed by atoms with Gasteiger partial charge in [0.15, 0.2) is 0 Å². The second-order valence-electron chi connectivity index (χ2n) is 7.19. The van der Waals surface area contributed by atoms with Gasteiger partial charge in [0.1, 0.15) is 0 Å². The van der Waals surface area contributed by atoms with Gasteiger partial charge in [0.05, 0.1) is 5.41 Å². The maximum Gasteiger partial charge on any atom is 0.0592 e. The summed E-state index contributed by atoms with van der Waals surface area (Å²) in [5.74, 6) is 0. The fourth-order valence-corrected chi connectivity index (χ4v) is 5.32. The van der Waals surface area contributed by atoms with E-state index in [1.54, 1.807) is 0 Å². The second kappa shape index (κ2) is 4.96. The van der Waals surface area contributed by atoms with Gasteiger partial charge in [-0.2, -0.15) is 0 Å². The molecule has 6 rings (SSSR count). The summed E-state index contributed by atoms with van der Waals surface area (Å²) in [5, 5.41) is 0. The molecule has 1 spiro atoms. The highest BCUT2D eigenvalue weighted by atomic mass is 79.9. The lowest BCUT2D eigenvalue weighted by atomic mass is 9.65. The predicted molar refractivity (Wildman–Crippen MR) is 113 cm³/mol. The van der Waals surface area contributed by atoms with Gasteiger partial charge in [-0.15, -0.1) is 0 Å². The van der Waals surface area contributed by atoms with Gasteiger partial charge >= 0.3 is 0 Å². The van der Waals surface area contributed by atoms with Crippen molar-refractivity contribution in [2.24, 2.45) is 5.41 Å². The monoisotopic (exact) mass is 394 g/mol. The molecular formula is C25H15Br. The fraction of sp³-hybridized carbons (Fsp3) is 0.0400. The minimum atomic E-state index is -0.217.